The first kappa shape index (κ1) is 15.0. The summed E-state index contributed by atoms with van der Waals surface area (Å²) in [5.41, 5.74) is 0. The van der Waals surface area contributed by atoms with E-state index >= 15 is 0 Å². The lowest BCUT2D eigenvalue weighted by Crippen LogP contribution is -2.44. The minimum atomic E-state index is -0.820. The van der Waals surface area contributed by atoms with Gasteiger partial charge in [-0.15, -0.1) is 0 Å². The van der Waals surface area contributed by atoms with Crippen LogP contribution in [0.2, 0.25) is 0 Å². The summed E-state index contributed by atoms with van der Waals surface area (Å²) in [4.78, 5) is 25.5. The summed E-state index contributed by atoms with van der Waals surface area (Å²) in [5.74, 6) is -1.18. The van der Waals surface area contributed by atoms with Gasteiger partial charge in [-0.2, -0.15) is 0 Å². The summed E-state index contributed by atoms with van der Waals surface area (Å²) in [7, 11) is 0. The Hall–Kier alpha value is -1.06. The molecule has 2 unspecified atom stereocenters. The number of amides is 1. The second-order valence-electron chi connectivity index (χ2n) is 5.96. The van der Waals surface area contributed by atoms with Crippen molar-refractivity contribution in [3.05, 3.63) is 0 Å². The van der Waals surface area contributed by atoms with Gasteiger partial charge in [-0.3, -0.25) is 9.59 Å². The SMILES string of the molecule is CC(C)CN(C(=O)C1CCCC1C(=O)O)C(C)C. The number of hydrogen-bond donors (Lipinski definition) is 1. The van der Waals surface area contributed by atoms with E-state index in [0.29, 0.717) is 18.9 Å². The molecule has 2 atom stereocenters. The van der Waals surface area contributed by atoms with Gasteiger partial charge >= 0.3 is 5.97 Å². The van der Waals surface area contributed by atoms with E-state index in [1.54, 1.807) is 0 Å². The smallest absolute Gasteiger partial charge is 0.307 e. The van der Waals surface area contributed by atoms with Gasteiger partial charge in [-0.05, 0) is 32.6 Å². The minimum absolute atomic E-state index is 0.0311. The van der Waals surface area contributed by atoms with Crippen LogP contribution in [-0.4, -0.2) is 34.5 Å². The number of carbonyl (C=O) groups excluding carboxylic acids is 1. The van der Waals surface area contributed by atoms with Gasteiger partial charge in [0.1, 0.15) is 0 Å². The largest absolute Gasteiger partial charge is 0.481 e. The van der Waals surface area contributed by atoms with Gasteiger partial charge in [0.2, 0.25) is 5.91 Å². The predicted octanol–water partition coefficient (Wildman–Crippen LogP) is 2.38. The van der Waals surface area contributed by atoms with Crippen molar-refractivity contribution in [1.82, 2.24) is 4.90 Å². The van der Waals surface area contributed by atoms with Crippen molar-refractivity contribution < 1.29 is 14.7 Å². The van der Waals surface area contributed by atoms with E-state index in [4.69, 9.17) is 5.11 Å². The fourth-order valence-corrected chi connectivity index (χ4v) is 2.71. The molecule has 1 rings (SSSR count). The molecule has 18 heavy (non-hydrogen) atoms. The van der Waals surface area contributed by atoms with Crippen molar-refractivity contribution in [1.29, 1.82) is 0 Å². The lowest BCUT2D eigenvalue weighted by Gasteiger charge is -2.32. The summed E-state index contributed by atoms with van der Waals surface area (Å²) >= 11 is 0. The average molecular weight is 255 g/mol. The number of hydrogen-bond acceptors (Lipinski definition) is 2. The zero-order valence-electron chi connectivity index (χ0n) is 11.8. The maximum absolute atomic E-state index is 12.5. The van der Waals surface area contributed by atoms with Crippen molar-refractivity contribution in [3.8, 4) is 0 Å². The number of nitrogens with zero attached hydrogens (tertiary/aromatic N) is 1. The molecular weight excluding hydrogens is 230 g/mol. The highest BCUT2D eigenvalue weighted by Crippen LogP contribution is 2.33. The Kier molecular flexibility index (Phi) is 5.17. The zero-order valence-corrected chi connectivity index (χ0v) is 11.8. The van der Waals surface area contributed by atoms with Crippen LogP contribution in [0.15, 0.2) is 0 Å². The minimum Gasteiger partial charge on any atom is -0.481 e. The van der Waals surface area contributed by atoms with E-state index < -0.39 is 11.9 Å². The molecule has 0 radical (unpaired) electrons. The molecule has 1 N–H and O–H groups in total. The van der Waals surface area contributed by atoms with Crippen LogP contribution >= 0.6 is 0 Å². The van der Waals surface area contributed by atoms with E-state index in [1.807, 2.05) is 18.7 Å². The molecule has 0 aliphatic heterocycles. The molecule has 0 saturated heterocycles. The maximum atomic E-state index is 12.5. The summed E-state index contributed by atoms with van der Waals surface area (Å²) in [6, 6.07) is 0.134. The lowest BCUT2D eigenvalue weighted by atomic mass is 9.94. The molecule has 1 fully saturated rings. The summed E-state index contributed by atoms with van der Waals surface area (Å²) in [6.45, 7) is 8.84. The van der Waals surface area contributed by atoms with Gasteiger partial charge in [-0.1, -0.05) is 20.3 Å². The van der Waals surface area contributed by atoms with Crippen LogP contribution in [-0.2, 0) is 9.59 Å². The van der Waals surface area contributed by atoms with Crippen molar-refractivity contribution >= 4 is 11.9 Å². The number of rotatable bonds is 5. The average Bonchev–Trinajstić information content (AvgIpc) is 2.73. The van der Waals surface area contributed by atoms with Crippen LogP contribution < -0.4 is 0 Å². The van der Waals surface area contributed by atoms with Crippen LogP contribution in [0.4, 0.5) is 0 Å². The Morgan fingerprint density at radius 1 is 1.17 bits per heavy atom. The number of carboxylic acid groups (broad SMARTS) is 1. The Bertz CT molecular complexity index is 312. The summed E-state index contributed by atoms with van der Waals surface area (Å²) in [5, 5.41) is 9.16. The number of carboxylic acids is 1. The van der Waals surface area contributed by atoms with E-state index in [0.717, 1.165) is 12.8 Å². The maximum Gasteiger partial charge on any atom is 0.307 e. The van der Waals surface area contributed by atoms with Crippen molar-refractivity contribution in [3.63, 3.8) is 0 Å². The fraction of sp³-hybridized carbons (Fsp3) is 0.857. The van der Waals surface area contributed by atoms with E-state index in [2.05, 4.69) is 13.8 Å². The molecule has 1 saturated carbocycles. The molecule has 1 aliphatic carbocycles. The van der Waals surface area contributed by atoms with Gasteiger partial charge in [0.05, 0.1) is 11.8 Å². The van der Waals surface area contributed by atoms with E-state index in [1.165, 1.54) is 0 Å². The van der Waals surface area contributed by atoms with Crippen LogP contribution in [0.3, 0.4) is 0 Å². The molecule has 1 aliphatic rings. The molecular formula is C14H25NO3. The fourth-order valence-electron chi connectivity index (χ4n) is 2.71. The molecule has 0 bridgehead atoms. The molecule has 1 amide bonds. The topological polar surface area (TPSA) is 57.6 Å². The molecule has 0 aromatic rings. The molecule has 4 heteroatoms. The normalized spacial score (nSPS) is 23.7. The van der Waals surface area contributed by atoms with Gasteiger partial charge in [0.15, 0.2) is 0 Å². The Morgan fingerprint density at radius 3 is 2.17 bits per heavy atom. The van der Waals surface area contributed by atoms with Crippen LogP contribution in [0.25, 0.3) is 0 Å². The number of aliphatic carboxylic acids is 1. The highest BCUT2D eigenvalue weighted by atomic mass is 16.4. The first-order chi connectivity index (χ1) is 8.34. The van der Waals surface area contributed by atoms with Crippen LogP contribution in [0, 0.1) is 17.8 Å². The predicted molar refractivity (Wildman–Crippen MR) is 70.2 cm³/mol. The summed E-state index contributed by atoms with van der Waals surface area (Å²) in [6.07, 6.45) is 2.21. The monoisotopic (exact) mass is 255 g/mol. The second-order valence-corrected chi connectivity index (χ2v) is 5.96. The van der Waals surface area contributed by atoms with E-state index in [-0.39, 0.29) is 17.9 Å². The Labute approximate surface area is 109 Å². The molecule has 0 aromatic heterocycles. The summed E-state index contributed by atoms with van der Waals surface area (Å²) < 4.78 is 0. The van der Waals surface area contributed by atoms with Gasteiger partial charge < -0.3 is 10.0 Å². The zero-order chi connectivity index (χ0) is 13.9. The Balaban J connectivity index is 2.79. The van der Waals surface area contributed by atoms with Crippen LogP contribution in [0.5, 0.6) is 0 Å². The Morgan fingerprint density at radius 2 is 1.72 bits per heavy atom. The third-order valence-electron chi connectivity index (χ3n) is 3.62. The van der Waals surface area contributed by atoms with E-state index in [9.17, 15) is 9.59 Å². The van der Waals surface area contributed by atoms with Gasteiger partial charge in [-0.25, -0.2) is 0 Å². The first-order valence-corrected chi connectivity index (χ1v) is 6.87. The highest BCUT2D eigenvalue weighted by molar-refractivity contribution is 5.85. The first-order valence-electron chi connectivity index (χ1n) is 6.87. The van der Waals surface area contributed by atoms with Crippen molar-refractivity contribution in [2.24, 2.45) is 17.8 Å². The van der Waals surface area contributed by atoms with Gasteiger partial charge in [0, 0.05) is 12.6 Å². The standard InChI is InChI=1S/C14H25NO3/c1-9(2)8-15(10(3)4)13(16)11-6-5-7-12(11)14(17)18/h9-12H,5-8H2,1-4H3,(H,17,18). The number of carbonyl (C=O) groups is 2. The quantitative estimate of drug-likeness (QED) is 0.820. The van der Waals surface area contributed by atoms with Crippen LogP contribution in [0.1, 0.15) is 47.0 Å². The molecule has 104 valence electrons. The van der Waals surface area contributed by atoms with Gasteiger partial charge in [0.25, 0.3) is 0 Å². The molecule has 0 aromatic carbocycles. The highest BCUT2D eigenvalue weighted by Gasteiger charge is 2.40. The molecule has 4 nitrogen and oxygen atoms in total. The lowest BCUT2D eigenvalue weighted by molar-refractivity contribution is -0.150. The van der Waals surface area contributed by atoms with Crippen molar-refractivity contribution in [2.45, 2.75) is 53.0 Å². The molecule has 0 spiro atoms. The molecule has 0 heterocycles. The third kappa shape index (κ3) is 3.47. The van der Waals surface area contributed by atoms with Crippen molar-refractivity contribution in [2.75, 3.05) is 6.54 Å². The second kappa shape index (κ2) is 6.21. The third-order valence-corrected chi connectivity index (χ3v) is 3.62.